The van der Waals surface area contributed by atoms with E-state index in [4.69, 9.17) is 0 Å². The van der Waals surface area contributed by atoms with Crippen molar-refractivity contribution in [3.63, 3.8) is 0 Å². The molecular formula is C36H34O2. The van der Waals surface area contributed by atoms with E-state index >= 15 is 0 Å². The zero-order valence-corrected chi connectivity index (χ0v) is 21.8. The van der Waals surface area contributed by atoms with Crippen LogP contribution in [-0.4, -0.2) is 10.2 Å². The first-order chi connectivity index (χ1) is 18.6. The van der Waals surface area contributed by atoms with Crippen LogP contribution in [-0.2, 0) is 5.41 Å². The molecule has 0 heterocycles. The largest absolute Gasteiger partial charge is 0.507 e. The van der Waals surface area contributed by atoms with Gasteiger partial charge in [-0.1, -0.05) is 129 Å². The second-order valence-corrected chi connectivity index (χ2v) is 9.92. The molecule has 0 aliphatic rings. The summed E-state index contributed by atoms with van der Waals surface area (Å²) in [5, 5.41) is 21.8. The number of hydrogen-bond acceptors (Lipinski definition) is 2. The van der Waals surface area contributed by atoms with Gasteiger partial charge in [0.05, 0.1) is 0 Å². The molecule has 2 heteroatoms. The van der Waals surface area contributed by atoms with Crippen LogP contribution >= 0.6 is 0 Å². The molecule has 0 aliphatic heterocycles. The van der Waals surface area contributed by atoms with Crippen molar-refractivity contribution >= 4 is 0 Å². The van der Waals surface area contributed by atoms with Crippen molar-refractivity contribution in [3.05, 3.63) is 144 Å². The lowest BCUT2D eigenvalue weighted by molar-refractivity contribution is 0.473. The SMILES string of the molecule is CCCCCC(c1ccccc1)(c1ccc(O)c(-c2ccccc2)c1)c1ccc(O)c(-c2ccccc2)c1. The Morgan fingerprint density at radius 1 is 0.500 bits per heavy atom. The Morgan fingerprint density at radius 3 is 1.39 bits per heavy atom. The Labute approximate surface area is 225 Å². The minimum atomic E-state index is -0.467. The maximum Gasteiger partial charge on any atom is 0.123 e. The molecule has 0 radical (unpaired) electrons. The minimum Gasteiger partial charge on any atom is -0.507 e. The molecular weight excluding hydrogens is 464 g/mol. The summed E-state index contributed by atoms with van der Waals surface area (Å²) >= 11 is 0. The summed E-state index contributed by atoms with van der Waals surface area (Å²) in [6.45, 7) is 2.23. The van der Waals surface area contributed by atoms with Gasteiger partial charge in [0, 0.05) is 16.5 Å². The molecule has 2 nitrogen and oxygen atoms in total. The van der Waals surface area contributed by atoms with Crippen molar-refractivity contribution in [1.82, 2.24) is 0 Å². The van der Waals surface area contributed by atoms with Crippen LogP contribution in [0.4, 0.5) is 0 Å². The van der Waals surface area contributed by atoms with E-state index < -0.39 is 5.41 Å². The van der Waals surface area contributed by atoms with Gasteiger partial charge in [0.2, 0.25) is 0 Å². The number of aromatic hydroxyl groups is 2. The third-order valence-corrected chi connectivity index (χ3v) is 7.57. The first-order valence-corrected chi connectivity index (χ1v) is 13.5. The summed E-state index contributed by atoms with van der Waals surface area (Å²) < 4.78 is 0. The maximum atomic E-state index is 10.9. The van der Waals surface area contributed by atoms with E-state index in [2.05, 4.69) is 61.5 Å². The highest BCUT2D eigenvalue weighted by Gasteiger charge is 2.37. The van der Waals surface area contributed by atoms with Crippen LogP contribution in [0.2, 0.25) is 0 Å². The van der Waals surface area contributed by atoms with Crippen molar-refractivity contribution in [2.24, 2.45) is 0 Å². The van der Waals surface area contributed by atoms with Gasteiger partial charge in [-0.15, -0.1) is 0 Å². The van der Waals surface area contributed by atoms with E-state index in [1.54, 1.807) is 0 Å². The summed E-state index contributed by atoms with van der Waals surface area (Å²) in [4.78, 5) is 0. The van der Waals surface area contributed by atoms with Gasteiger partial charge in [-0.3, -0.25) is 0 Å². The van der Waals surface area contributed by atoms with Gasteiger partial charge in [-0.25, -0.2) is 0 Å². The number of hydrogen-bond donors (Lipinski definition) is 2. The number of phenols is 2. The number of benzene rings is 5. The Hall–Kier alpha value is -4.30. The molecule has 0 bridgehead atoms. The fraction of sp³-hybridized carbons (Fsp3) is 0.167. The third-order valence-electron chi connectivity index (χ3n) is 7.57. The van der Waals surface area contributed by atoms with Crippen LogP contribution in [0.1, 0.15) is 49.3 Å². The summed E-state index contributed by atoms with van der Waals surface area (Å²) in [5.74, 6) is 0.539. The lowest BCUT2D eigenvalue weighted by Gasteiger charge is -2.37. The molecule has 0 saturated heterocycles. The average molecular weight is 499 g/mol. The van der Waals surface area contributed by atoms with Crippen molar-refractivity contribution in [1.29, 1.82) is 0 Å². The van der Waals surface area contributed by atoms with Gasteiger partial charge >= 0.3 is 0 Å². The van der Waals surface area contributed by atoms with Crippen molar-refractivity contribution in [2.45, 2.75) is 38.0 Å². The Morgan fingerprint density at radius 2 is 0.947 bits per heavy atom. The smallest absolute Gasteiger partial charge is 0.123 e. The second-order valence-electron chi connectivity index (χ2n) is 9.92. The molecule has 5 aromatic rings. The van der Waals surface area contributed by atoms with Crippen LogP contribution in [0.3, 0.4) is 0 Å². The molecule has 2 N–H and O–H groups in total. The molecule has 0 aliphatic carbocycles. The van der Waals surface area contributed by atoms with Crippen molar-refractivity contribution in [2.75, 3.05) is 0 Å². The summed E-state index contributed by atoms with van der Waals surface area (Å²) in [5.41, 5.74) is 6.59. The van der Waals surface area contributed by atoms with E-state index in [-0.39, 0.29) is 11.5 Å². The van der Waals surface area contributed by atoms with E-state index in [1.165, 1.54) is 5.56 Å². The topological polar surface area (TPSA) is 40.5 Å². The summed E-state index contributed by atoms with van der Waals surface area (Å²) in [6.07, 6.45) is 4.21. The lowest BCUT2D eigenvalue weighted by Crippen LogP contribution is -2.29. The molecule has 0 fully saturated rings. The molecule has 0 atom stereocenters. The van der Waals surface area contributed by atoms with E-state index in [0.717, 1.165) is 59.1 Å². The first-order valence-electron chi connectivity index (χ1n) is 13.5. The number of unbranched alkanes of at least 4 members (excludes halogenated alkanes) is 2. The highest BCUT2D eigenvalue weighted by Crippen LogP contribution is 2.47. The van der Waals surface area contributed by atoms with Crippen molar-refractivity contribution < 1.29 is 10.2 Å². The summed E-state index contributed by atoms with van der Waals surface area (Å²) in [7, 11) is 0. The van der Waals surface area contributed by atoms with Crippen LogP contribution < -0.4 is 0 Å². The first kappa shape index (κ1) is 25.4. The maximum absolute atomic E-state index is 10.9. The minimum absolute atomic E-state index is 0.270. The van der Waals surface area contributed by atoms with Crippen LogP contribution in [0.15, 0.2) is 127 Å². The second kappa shape index (κ2) is 11.4. The van der Waals surface area contributed by atoms with Gasteiger partial charge in [0.15, 0.2) is 0 Å². The third kappa shape index (κ3) is 4.95. The molecule has 0 spiro atoms. The predicted molar refractivity (Wildman–Crippen MR) is 158 cm³/mol. The average Bonchev–Trinajstić information content (AvgIpc) is 2.98. The van der Waals surface area contributed by atoms with Crippen LogP contribution in [0, 0.1) is 0 Å². The zero-order valence-electron chi connectivity index (χ0n) is 21.8. The van der Waals surface area contributed by atoms with Gasteiger partial charge in [0.25, 0.3) is 0 Å². The van der Waals surface area contributed by atoms with Gasteiger partial charge < -0.3 is 10.2 Å². The van der Waals surface area contributed by atoms with Gasteiger partial charge in [0.1, 0.15) is 11.5 Å². The molecule has 0 aromatic heterocycles. The normalized spacial score (nSPS) is 11.4. The molecule has 0 saturated carbocycles. The molecule has 5 aromatic carbocycles. The molecule has 38 heavy (non-hydrogen) atoms. The molecule has 0 unspecified atom stereocenters. The quantitative estimate of drug-likeness (QED) is 0.157. The van der Waals surface area contributed by atoms with E-state index in [9.17, 15) is 10.2 Å². The fourth-order valence-corrected chi connectivity index (χ4v) is 5.60. The Balaban J connectivity index is 1.79. The van der Waals surface area contributed by atoms with Gasteiger partial charge in [-0.2, -0.15) is 0 Å². The summed E-state index contributed by atoms with van der Waals surface area (Å²) in [6, 6.07) is 42.9. The highest BCUT2D eigenvalue weighted by atomic mass is 16.3. The zero-order chi connectivity index (χ0) is 26.4. The standard InChI is InChI=1S/C36H34O2/c1-2-3-13-24-36(29-18-11-6-12-19-29,30-20-22-34(37)32(25-30)27-14-7-4-8-15-27)31-21-23-35(38)33(26-31)28-16-9-5-10-17-28/h4-12,14-23,25-26,37-38H,2-3,13,24H2,1H3. The number of rotatable bonds is 9. The predicted octanol–water partition coefficient (Wildman–Crippen LogP) is 9.35. The monoisotopic (exact) mass is 498 g/mol. The van der Waals surface area contributed by atoms with Crippen LogP contribution in [0.5, 0.6) is 11.5 Å². The Kier molecular flexibility index (Phi) is 7.60. The van der Waals surface area contributed by atoms with Crippen LogP contribution in [0.25, 0.3) is 22.3 Å². The molecule has 190 valence electrons. The lowest BCUT2D eigenvalue weighted by atomic mass is 9.65. The number of phenolic OH excluding ortho intramolecular Hbond substituents is 2. The van der Waals surface area contributed by atoms with E-state index in [0.29, 0.717) is 0 Å². The van der Waals surface area contributed by atoms with E-state index in [1.807, 2.05) is 72.8 Å². The van der Waals surface area contributed by atoms with Crippen molar-refractivity contribution in [3.8, 4) is 33.8 Å². The van der Waals surface area contributed by atoms with Gasteiger partial charge in [-0.05, 0) is 58.5 Å². The molecule has 0 amide bonds. The Bertz CT molecular complexity index is 1390. The highest BCUT2D eigenvalue weighted by molar-refractivity contribution is 5.74. The molecule has 5 rings (SSSR count). The fourth-order valence-electron chi connectivity index (χ4n) is 5.60.